The molecule has 2 rings (SSSR count). The average Bonchev–Trinajstić information content (AvgIpc) is 2.70. The molecule has 0 saturated carbocycles. The van der Waals surface area contributed by atoms with Gasteiger partial charge in [0.05, 0.1) is 19.8 Å². The highest BCUT2D eigenvalue weighted by Crippen LogP contribution is 2.39. The Morgan fingerprint density at radius 2 is 1.57 bits per heavy atom. The topological polar surface area (TPSA) is 77.1 Å². The maximum Gasteiger partial charge on any atom is 0.251 e. The number of carbonyl (C=O) groups is 2. The first-order valence-electron chi connectivity index (χ1n) is 9.74. The lowest BCUT2D eigenvalue weighted by Gasteiger charge is -2.32. The van der Waals surface area contributed by atoms with Crippen LogP contribution in [0.3, 0.4) is 0 Å². The summed E-state index contributed by atoms with van der Waals surface area (Å²) in [5.41, 5.74) is 0.453. The summed E-state index contributed by atoms with van der Waals surface area (Å²) in [4.78, 5) is 26.2. The van der Waals surface area contributed by atoms with Gasteiger partial charge in [-0.05, 0) is 45.7 Å². The number of likely N-dealkylation sites (tertiary alicyclic amines) is 1. The van der Waals surface area contributed by atoms with Gasteiger partial charge in [0.1, 0.15) is 5.88 Å². The molecule has 0 aliphatic carbocycles. The van der Waals surface area contributed by atoms with E-state index in [0.717, 1.165) is 0 Å². The fourth-order valence-corrected chi connectivity index (χ4v) is 3.32. The van der Waals surface area contributed by atoms with Crippen molar-refractivity contribution >= 4 is 23.4 Å². The number of nitrogens with zero attached hydrogens (tertiary/aromatic N) is 1. The Bertz CT molecular complexity index is 648. The lowest BCUT2D eigenvalue weighted by atomic mass is 10.0. The van der Waals surface area contributed by atoms with Crippen LogP contribution in [0.5, 0.6) is 17.2 Å². The Morgan fingerprint density at radius 3 is 2.04 bits per heavy atom. The van der Waals surface area contributed by atoms with Gasteiger partial charge in [0.25, 0.3) is 5.91 Å². The first-order chi connectivity index (χ1) is 13.5. The highest BCUT2D eigenvalue weighted by molar-refractivity contribution is 6.27. The van der Waals surface area contributed by atoms with Crippen LogP contribution >= 0.6 is 11.6 Å². The standard InChI is InChI=1S/C20H29ClN2O5/c1-4-26-16-11-14(12-17(27-5-2)19(16)28-6-3)20(25)22-15-7-9-23(10-8-15)18(24)13-21/h11-12,15H,4-10,13H2,1-3H3,(H,22,25). The highest BCUT2D eigenvalue weighted by atomic mass is 35.5. The lowest BCUT2D eigenvalue weighted by molar-refractivity contribution is -0.129. The van der Waals surface area contributed by atoms with Crippen LogP contribution in [-0.4, -0.2) is 61.5 Å². The zero-order valence-electron chi connectivity index (χ0n) is 16.8. The van der Waals surface area contributed by atoms with E-state index < -0.39 is 0 Å². The first kappa shape index (κ1) is 22.1. The third-order valence-corrected chi connectivity index (χ3v) is 4.70. The maximum atomic E-state index is 12.8. The molecule has 8 heteroatoms. The van der Waals surface area contributed by atoms with E-state index in [0.29, 0.717) is 68.6 Å². The molecule has 1 N–H and O–H groups in total. The SMILES string of the molecule is CCOc1cc(C(=O)NC2CCN(C(=O)CCl)CC2)cc(OCC)c1OCC. The van der Waals surface area contributed by atoms with Crippen LogP contribution in [0.25, 0.3) is 0 Å². The van der Waals surface area contributed by atoms with Crippen LogP contribution in [0.15, 0.2) is 12.1 Å². The fourth-order valence-electron chi connectivity index (χ4n) is 3.15. The molecule has 1 aromatic rings. The van der Waals surface area contributed by atoms with Gasteiger partial charge in [-0.3, -0.25) is 9.59 Å². The molecule has 1 fully saturated rings. The van der Waals surface area contributed by atoms with Crippen molar-refractivity contribution in [2.45, 2.75) is 39.7 Å². The van der Waals surface area contributed by atoms with E-state index >= 15 is 0 Å². The van der Waals surface area contributed by atoms with E-state index in [1.165, 1.54) is 0 Å². The molecule has 1 saturated heterocycles. The maximum absolute atomic E-state index is 12.8. The van der Waals surface area contributed by atoms with Crippen molar-refractivity contribution in [3.05, 3.63) is 17.7 Å². The molecular formula is C20H29ClN2O5. The number of hydrogen-bond donors (Lipinski definition) is 1. The molecular weight excluding hydrogens is 384 g/mol. The summed E-state index contributed by atoms with van der Waals surface area (Å²) >= 11 is 5.61. The molecule has 0 bridgehead atoms. The summed E-state index contributed by atoms with van der Waals surface area (Å²) in [6.45, 7) is 8.17. The molecule has 0 atom stereocenters. The average molecular weight is 413 g/mol. The Morgan fingerprint density at radius 1 is 1.04 bits per heavy atom. The summed E-state index contributed by atoms with van der Waals surface area (Å²) in [7, 11) is 0. The monoisotopic (exact) mass is 412 g/mol. The summed E-state index contributed by atoms with van der Waals surface area (Å²) in [5, 5.41) is 3.04. The second-order valence-corrected chi connectivity index (χ2v) is 6.63. The zero-order chi connectivity index (χ0) is 20.5. The number of piperidine rings is 1. The Hall–Kier alpha value is -2.15. The molecule has 0 aromatic heterocycles. The minimum atomic E-state index is -0.202. The number of halogens is 1. The molecule has 1 aliphatic rings. The number of hydrogen-bond acceptors (Lipinski definition) is 5. The zero-order valence-corrected chi connectivity index (χ0v) is 17.5. The number of amides is 2. The number of carbonyl (C=O) groups excluding carboxylic acids is 2. The van der Waals surface area contributed by atoms with Gasteiger partial charge in [-0.2, -0.15) is 0 Å². The fraction of sp³-hybridized carbons (Fsp3) is 0.600. The number of nitrogens with one attached hydrogen (secondary N) is 1. The third-order valence-electron chi connectivity index (χ3n) is 4.47. The molecule has 0 spiro atoms. The largest absolute Gasteiger partial charge is 0.490 e. The molecule has 28 heavy (non-hydrogen) atoms. The van der Waals surface area contributed by atoms with Crippen molar-refractivity contribution in [3.8, 4) is 17.2 Å². The number of ether oxygens (including phenoxy) is 3. The second kappa shape index (κ2) is 11.0. The second-order valence-electron chi connectivity index (χ2n) is 6.36. The molecule has 1 heterocycles. The van der Waals surface area contributed by atoms with Gasteiger partial charge in [-0.1, -0.05) is 0 Å². The van der Waals surface area contributed by atoms with Gasteiger partial charge in [-0.25, -0.2) is 0 Å². The number of rotatable bonds is 9. The van der Waals surface area contributed by atoms with Crippen LogP contribution in [0.4, 0.5) is 0 Å². The van der Waals surface area contributed by atoms with E-state index in [4.69, 9.17) is 25.8 Å². The lowest BCUT2D eigenvalue weighted by Crippen LogP contribution is -2.46. The quantitative estimate of drug-likeness (QED) is 0.631. The van der Waals surface area contributed by atoms with Crippen LogP contribution in [0.1, 0.15) is 44.0 Å². The molecule has 0 unspecified atom stereocenters. The Kier molecular flexibility index (Phi) is 8.70. The molecule has 7 nitrogen and oxygen atoms in total. The normalized spacial score (nSPS) is 14.5. The van der Waals surface area contributed by atoms with Crippen molar-refractivity contribution in [1.82, 2.24) is 10.2 Å². The molecule has 2 amide bonds. The van der Waals surface area contributed by atoms with Crippen molar-refractivity contribution in [1.29, 1.82) is 0 Å². The van der Waals surface area contributed by atoms with Crippen LogP contribution < -0.4 is 19.5 Å². The first-order valence-corrected chi connectivity index (χ1v) is 10.3. The Labute approximate surface area is 171 Å². The van der Waals surface area contributed by atoms with E-state index in [1.54, 1.807) is 17.0 Å². The van der Waals surface area contributed by atoms with Crippen molar-refractivity contribution in [2.24, 2.45) is 0 Å². The van der Waals surface area contributed by atoms with E-state index in [9.17, 15) is 9.59 Å². The predicted molar refractivity (Wildman–Crippen MR) is 108 cm³/mol. The van der Waals surface area contributed by atoms with Gasteiger partial charge in [0.2, 0.25) is 11.7 Å². The van der Waals surface area contributed by atoms with Crippen LogP contribution in [0.2, 0.25) is 0 Å². The molecule has 1 aliphatic heterocycles. The summed E-state index contributed by atoms with van der Waals surface area (Å²) < 4.78 is 17.0. The predicted octanol–water partition coefficient (Wildman–Crippen LogP) is 2.84. The van der Waals surface area contributed by atoms with Crippen LogP contribution in [-0.2, 0) is 4.79 Å². The van der Waals surface area contributed by atoms with Gasteiger partial charge in [0.15, 0.2) is 11.5 Å². The van der Waals surface area contributed by atoms with Crippen LogP contribution in [0, 0.1) is 0 Å². The van der Waals surface area contributed by atoms with Gasteiger partial charge >= 0.3 is 0 Å². The van der Waals surface area contributed by atoms with Crippen molar-refractivity contribution in [3.63, 3.8) is 0 Å². The van der Waals surface area contributed by atoms with E-state index in [1.807, 2.05) is 20.8 Å². The summed E-state index contributed by atoms with van der Waals surface area (Å²) in [5.74, 6) is 1.21. The summed E-state index contributed by atoms with van der Waals surface area (Å²) in [6.07, 6.45) is 1.39. The molecule has 1 aromatic carbocycles. The van der Waals surface area contributed by atoms with Gasteiger partial charge in [-0.15, -0.1) is 11.6 Å². The van der Waals surface area contributed by atoms with E-state index in [2.05, 4.69) is 5.32 Å². The Balaban J connectivity index is 2.13. The smallest absolute Gasteiger partial charge is 0.251 e. The minimum absolute atomic E-state index is 0.00420. The summed E-state index contributed by atoms with van der Waals surface area (Å²) in [6, 6.07) is 3.36. The minimum Gasteiger partial charge on any atom is -0.490 e. The van der Waals surface area contributed by atoms with Gasteiger partial charge < -0.3 is 24.4 Å². The third kappa shape index (κ3) is 5.67. The van der Waals surface area contributed by atoms with Gasteiger partial charge in [0, 0.05) is 24.7 Å². The van der Waals surface area contributed by atoms with E-state index in [-0.39, 0.29) is 23.7 Å². The number of benzene rings is 1. The number of alkyl halides is 1. The van der Waals surface area contributed by atoms with Crippen molar-refractivity contribution < 1.29 is 23.8 Å². The molecule has 156 valence electrons. The molecule has 0 radical (unpaired) electrons. The highest BCUT2D eigenvalue weighted by Gasteiger charge is 2.25. The van der Waals surface area contributed by atoms with Crippen molar-refractivity contribution in [2.75, 3.05) is 38.8 Å².